The van der Waals surface area contributed by atoms with Crippen molar-refractivity contribution < 1.29 is 4.74 Å². The van der Waals surface area contributed by atoms with E-state index in [1.54, 1.807) is 18.2 Å². The van der Waals surface area contributed by atoms with Crippen LogP contribution in [0.5, 0.6) is 5.75 Å². The molecule has 1 aromatic carbocycles. The Morgan fingerprint density at radius 2 is 2.11 bits per heavy atom. The van der Waals surface area contributed by atoms with Gasteiger partial charge in [0.05, 0.1) is 5.02 Å². The van der Waals surface area contributed by atoms with Gasteiger partial charge in [0.25, 0.3) is 0 Å². The first-order chi connectivity index (χ1) is 8.65. The zero-order valence-electron chi connectivity index (χ0n) is 10.6. The Bertz CT molecular complexity index is 405. The van der Waals surface area contributed by atoms with E-state index in [1.165, 1.54) is 6.42 Å². The summed E-state index contributed by atoms with van der Waals surface area (Å²) < 4.78 is 6.14. The number of hydrogen-bond acceptors (Lipinski definition) is 2. The molecular weight excluding hydrogens is 269 g/mol. The first kappa shape index (κ1) is 14.0. The van der Waals surface area contributed by atoms with Gasteiger partial charge in [0.1, 0.15) is 11.4 Å². The maximum atomic E-state index is 6.15. The Hall–Kier alpha value is -0.440. The molecule has 18 heavy (non-hydrogen) atoms. The van der Waals surface area contributed by atoms with Crippen LogP contribution < -0.4 is 10.1 Å². The SMILES string of the molecule is CCNCCC1(Oc2cc(Cl)ccc2Cl)CCC1. The number of benzene rings is 1. The first-order valence-corrected chi connectivity index (χ1v) is 7.26. The van der Waals surface area contributed by atoms with E-state index >= 15 is 0 Å². The van der Waals surface area contributed by atoms with Crippen molar-refractivity contribution in [3.05, 3.63) is 28.2 Å². The summed E-state index contributed by atoms with van der Waals surface area (Å²) in [5.41, 5.74) is -0.0451. The van der Waals surface area contributed by atoms with Crippen LogP contribution >= 0.6 is 23.2 Å². The van der Waals surface area contributed by atoms with Crippen molar-refractivity contribution >= 4 is 23.2 Å². The van der Waals surface area contributed by atoms with Gasteiger partial charge in [0.2, 0.25) is 0 Å². The van der Waals surface area contributed by atoms with E-state index in [0.29, 0.717) is 15.8 Å². The minimum absolute atomic E-state index is 0.0451. The summed E-state index contributed by atoms with van der Waals surface area (Å²) in [6.07, 6.45) is 4.44. The highest BCUT2D eigenvalue weighted by Crippen LogP contribution is 2.41. The minimum Gasteiger partial charge on any atom is -0.486 e. The van der Waals surface area contributed by atoms with Crippen LogP contribution in [0.25, 0.3) is 0 Å². The van der Waals surface area contributed by atoms with Gasteiger partial charge < -0.3 is 10.1 Å². The van der Waals surface area contributed by atoms with Gasteiger partial charge in [-0.3, -0.25) is 0 Å². The van der Waals surface area contributed by atoms with E-state index in [4.69, 9.17) is 27.9 Å². The maximum absolute atomic E-state index is 6.15. The molecule has 0 unspecified atom stereocenters. The van der Waals surface area contributed by atoms with Crippen molar-refractivity contribution in [3.63, 3.8) is 0 Å². The molecule has 0 aromatic heterocycles. The highest BCUT2D eigenvalue weighted by Gasteiger charge is 2.39. The molecule has 0 atom stereocenters. The van der Waals surface area contributed by atoms with Crippen molar-refractivity contribution in [1.29, 1.82) is 0 Å². The van der Waals surface area contributed by atoms with Crippen LogP contribution in [0.4, 0.5) is 0 Å². The van der Waals surface area contributed by atoms with Gasteiger partial charge >= 0.3 is 0 Å². The molecular formula is C14H19Cl2NO. The minimum atomic E-state index is -0.0451. The second kappa shape index (κ2) is 6.14. The molecule has 1 aromatic rings. The van der Waals surface area contributed by atoms with Gasteiger partial charge in [-0.1, -0.05) is 30.1 Å². The number of nitrogens with one attached hydrogen (secondary N) is 1. The highest BCUT2D eigenvalue weighted by atomic mass is 35.5. The standard InChI is InChI=1S/C14H19Cl2NO/c1-2-17-9-8-14(6-3-7-14)18-13-10-11(15)4-5-12(13)16/h4-5,10,17H,2-3,6-9H2,1H3. The van der Waals surface area contributed by atoms with Gasteiger partial charge in [0.15, 0.2) is 0 Å². The predicted molar refractivity (Wildman–Crippen MR) is 76.8 cm³/mol. The van der Waals surface area contributed by atoms with Crippen LogP contribution in [0, 0.1) is 0 Å². The number of hydrogen-bond donors (Lipinski definition) is 1. The highest BCUT2D eigenvalue weighted by molar-refractivity contribution is 6.34. The van der Waals surface area contributed by atoms with Crippen LogP contribution in [0.3, 0.4) is 0 Å². The molecule has 1 fully saturated rings. The molecule has 1 saturated carbocycles. The third-order valence-corrected chi connectivity index (χ3v) is 4.04. The molecule has 0 aliphatic heterocycles. The largest absolute Gasteiger partial charge is 0.486 e. The zero-order valence-corrected chi connectivity index (χ0v) is 12.2. The molecule has 0 radical (unpaired) electrons. The number of halogens is 2. The summed E-state index contributed by atoms with van der Waals surface area (Å²) >= 11 is 12.1. The monoisotopic (exact) mass is 287 g/mol. The molecule has 0 heterocycles. The summed E-state index contributed by atoms with van der Waals surface area (Å²) in [5, 5.41) is 4.64. The van der Waals surface area contributed by atoms with Gasteiger partial charge in [0, 0.05) is 11.1 Å². The Labute approximate surface area is 119 Å². The molecule has 2 rings (SSSR count). The molecule has 1 aliphatic rings. The molecule has 2 nitrogen and oxygen atoms in total. The molecule has 0 spiro atoms. The summed E-state index contributed by atoms with van der Waals surface area (Å²) in [7, 11) is 0. The van der Waals surface area contributed by atoms with Crippen LogP contribution in [-0.4, -0.2) is 18.7 Å². The zero-order chi connectivity index (χ0) is 13.0. The topological polar surface area (TPSA) is 21.3 Å². The van der Waals surface area contributed by atoms with Crippen molar-refractivity contribution in [2.75, 3.05) is 13.1 Å². The van der Waals surface area contributed by atoms with E-state index in [-0.39, 0.29) is 5.60 Å². The van der Waals surface area contributed by atoms with Crippen molar-refractivity contribution in [2.45, 2.75) is 38.2 Å². The molecule has 0 bridgehead atoms. The predicted octanol–water partition coefficient (Wildman–Crippen LogP) is 4.29. The van der Waals surface area contributed by atoms with E-state index in [0.717, 1.165) is 32.4 Å². The molecule has 0 saturated heterocycles. The van der Waals surface area contributed by atoms with Gasteiger partial charge in [-0.2, -0.15) is 0 Å². The molecule has 1 aliphatic carbocycles. The first-order valence-electron chi connectivity index (χ1n) is 6.50. The summed E-state index contributed by atoms with van der Waals surface area (Å²) in [5.74, 6) is 0.709. The Balaban J connectivity index is 2.03. The fourth-order valence-corrected chi connectivity index (χ4v) is 2.57. The van der Waals surface area contributed by atoms with Crippen molar-refractivity contribution in [3.8, 4) is 5.75 Å². The lowest BCUT2D eigenvalue weighted by Crippen LogP contribution is -2.45. The van der Waals surface area contributed by atoms with Crippen LogP contribution in [0.1, 0.15) is 32.6 Å². The van der Waals surface area contributed by atoms with Gasteiger partial charge in [-0.05, 0) is 50.9 Å². The third-order valence-electron chi connectivity index (χ3n) is 3.49. The Morgan fingerprint density at radius 1 is 1.33 bits per heavy atom. The molecule has 0 amide bonds. The molecule has 100 valence electrons. The van der Waals surface area contributed by atoms with E-state index in [1.807, 2.05) is 0 Å². The second-order valence-corrected chi connectivity index (χ2v) is 5.66. The van der Waals surface area contributed by atoms with Gasteiger partial charge in [-0.25, -0.2) is 0 Å². The van der Waals surface area contributed by atoms with Crippen LogP contribution in [-0.2, 0) is 0 Å². The third kappa shape index (κ3) is 3.31. The summed E-state index contributed by atoms with van der Waals surface area (Å²) in [4.78, 5) is 0. The number of ether oxygens (including phenoxy) is 1. The lowest BCUT2D eigenvalue weighted by Gasteiger charge is -2.42. The smallest absolute Gasteiger partial charge is 0.140 e. The second-order valence-electron chi connectivity index (χ2n) is 4.82. The normalized spacial score (nSPS) is 17.3. The lowest BCUT2D eigenvalue weighted by atomic mass is 9.77. The maximum Gasteiger partial charge on any atom is 0.140 e. The lowest BCUT2D eigenvalue weighted by molar-refractivity contribution is -0.0140. The number of rotatable bonds is 6. The summed E-state index contributed by atoms with van der Waals surface area (Å²) in [6.45, 7) is 4.09. The van der Waals surface area contributed by atoms with E-state index in [9.17, 15) is 0 Å². The van der Waals surface area contributed by atoms with Crippen molar-refractivity contribution in [1.82, 2.24) is 5.32 Å². The van der Waals surface area contributed by atoms with Crippen LogP contribution in [0.2, 0.25) is 10.0 Å². The average Bonchev–Trinajstić information content (AvgIpc) is 2.30. The van der Waals surface area contributed by atoms with E-state index < -0.39 is 0 Å². The average molecular weight is 288 g/mol. The van der Waals surface area contributed by atoms with Gasteiger partial charge in [-0.15, -0.1) is 0 Å². The van der Waals surface area contributed by atoms with E-state index in [2.05, 4.69) is 12.2 Å². The fraction of sp³-hybridized carbons (Fsp3) is 0.571. The molecule has 1 N–H and O–H groups in total. The quantitative estimate of drug-likeness (QED) is 0.788. The Kier molecular flexibility index (Phi) is 4.77. The molecule has 4 heteroatoms. The Morgan fingerprint density at radius 3 is 2.72 bits per heavy atom. The fourth-order valence-electron chi connectivity index (χ4n) is 2.26. The summed E-state index contributed by atoms with van der Waals surface area (Å²) in [6, 6.07) is 5.37. The van der Waals surface area contributed by atoms with Crippen LogP contribution in [0.15, 0.2) is 18.2 Å². The van der Waals surface area contributed by atoms with Crippen molar-refractivity contribution in [2.24, 2.45) is 0 Å².